The number of amides is 1. The number of carbonyl (C=O) groups excluding carboxylic acids is 1. The lowest BCUT2D eigenvalue weighted by Gasteiger charge is -2.09. The van der Waals surface area contributed by atoms with E-state index in [0.717, 1.165) is 0 Å². The lowest BCUT2D eigenvalue weighted by atomic mass is 10.1. The molecule has 5 nitrogen and oxygen atoms in total. The van der Waals surface area contributed by atoms with Crippen LogP contribution >= 0.6 is 34.8 Å². The number of aliphatic hydroxyl groups is 1. The maximum atomic E-state index is 12.9. The van der Waals surface area contributed by atoms with E-state index in [1.165, 1.54) is 6.07 Å². The number of anilines is 1. The molecule has 0 atom stereocenters. The van der Waals surface area contributed by atoms with E-state index in [1.807, 2.05) is 0 Å². The Labute approximate surface area is 182 Å². The molecule has 0 unspecified atom stereocenters. The van der Waals surface area contributed by atoms with Gasteiger partial charge in [0.1, 0.15) is 0 Å². The Kier molecular flexibility index (Phi) is 6.88. The van der Waals surface area contributed by atoms with Gasteiger partial charge in [0.15, 0.2) is 11.5 Å². The van der Waals surface area contributed by atoms with Gasteiger partial charge in [-0.1, -0.05) is 65.1 Å². The molecule has 0 heterocycles. The number of rotatable bonds is 5. The third-order valence-electron chi connectivity index (χ3n) is 3.76. The zero-order chi connectivity index (χ0) is 20.8. The number of aliphatic hydroxyl groups excluding tert-OH is 1. The summed E-state index contributed by atoms with van der Waals surface area (Å²) in [5.74, 6) is -1.04. The maximum Gasteiger partial charge on any atom is 0.280 e. The van der Waals surface area contributed by atoms with Gasteiger partial charge in [0, 0.05) is 15.6 Å². The fraction of sp³-hybridized carbons (Fsp3) is 0. The Hall–Kier alpha value is -2.86. The molecule has 146 valence electrons. The molecule has 0 spiro atoms. The van der Waals surface area contributed by atoms with Crippen molar-refractivity contribution in [3.8, 4) is 0 Å². The average molecular weight is 447 g/mol. The number of halogens is 3. The summed E-state index contributed by atoms with van der Waals surface area (Å²) < 4.78 is 0. The molecular weight excluding hydrogens is 433 g/mol. The summed E-state index contributed by atoms with van der Waals surface area (Å²) in [6, 6.07) is 19.7. The van der Waals surface area contributed by atoms with Crippen molar-refractivity contribution < 1.29 is 9.90 Å². The van der Waals surface area contributed by atoms with E-state index in [-0.39, 0.29) is 22.2 Å². The van der Waals surface area contributed by atoms with Crippen molar-refractivity contribution in [2.75, 3.05) is 5.32 Å². The predicted octanol–water partition coefficient (Wildman–Crippen LogP) is 7.30. The number of hydrogen-bond donors (Lipinski definition) is 2. The Morgan fingerprint density at radius 2 is 1.52 bits per heavy atom. The molecule has 1 amide bonds. The minimum absolute atomic E-state index is 0.282. The second kappa shape index (κ2) is 9.56. The smallest absolute Gasteiger partial charge is 0.280 e. The molecule has 29 heavy (non-hydrogen) atoms. The number of hydrogen-bond acceptors (Lipinski definition) is 4. The number of azo groups is 1. The van der Waals surface area contributed by atoms with Gasteiger partial charge in [-0.2, -0.15) is 5.11 Å². The largest absolute Gasteiger partial charge is 0.505 e. The normalized spacial score (nSPS) is 12.0. The van der Waals surface area contributed by atoms with Crippen LogP contribution in [-0.2, 0) is 4.79 Å². The van der Waals surface area contributed by atoms with Crippen LogP contribution in [0.25, 0.3) is 5.76 Å². The lowest BCUT2D eigenvalue weighted by Crippen LogP contribution is -2.15. The van der Waals surface area contributed by atoms with Crippen molar-refractivity contribution in [1.82, 2.24) is 0 Å². The van der Waals surface area contributed by atoms with Gasteiger partial charge in [-0.3, -0.25) is 4.79 Å². The van der Waals surface area contributed by atoms with Crippen LogP contribution in [0, 0.1) is 0 Å². The number of benzene rings is 3. The van der Waals surface area contributed by atoms with Crippen LogP contribution in [-0.4, -0.2) is 11.0 Å². The number of nitrogens with zero attached hydrogens (tertiary/aromatic N) is 2. The molecule has 8 heteroatoms. The Bertz CT molecular complexity index is 1080. The Balaban J connectivity index is 1.99. The first-order valence-corrected chi connectivity index (χ1v) is 9.50. The molecule has 0 saturated heterocycles. The van der Waals surface area contributed by atoms with Crippen molar-refractivity contribution in [2.45, 2.75) is 0 Å². The molecule has 0 aliphatic heterocycles. The zero-order valence-corrected chi connectivity index (χ0v) is 17.1. The van der Waals surface area contributed by atoms with E-state index in [9.17, 15) is 9.90 Å². The first kappa shape index (κ1) is 20.9. The summed E-state index contributed by atoms with van der Waals surface area (Å²) in [5, 5.41) is 22.5. The summed E-state index contributed by atoms with van der Waals surface area (Å²) in [5.41, 5.74) is 0.859. The van der Waals surface area contributed by atoms with Crippen LogP contribution in [0.3, 0.4) is 0 Å². The topological polar surface area (TPSA) is 74.0 Å². The molecule has 0 aromatic heterocycles. The summed E-state index contributed by atoms with van der Waals surface area (Å²) in [6.45, 7) is 0. The SMILES string of the molecule is O=C(Nc1cc(Cl)ccc1Cl)/C(N=Nc1ccc(Cl)cc1)=C(/O)c1ccccc1. The van der Waals surface area contributed by atoms with Gasteiger partial charge in [-0.15, -0.1) is 5.11 Å². The standard InChI is InChI=1S/C21H14Cl3N3O2/c22-14-6-9-16(10-7-14)26-27-19(20(28)13-4-2-1-3-5-13)21(29)25-18-12-15(23)8-11-17(18)24/h1-12,28H,(H,25,29)/b20-19-,27-26?. The zero-order valence-electron chi connectivity index (χ0n) is 14.8. The quantitative estimate of drug-likeness (QED) is 0.245. The second-order valence-electron chi connectivity index (χ2n) is 5.82. The molecule has 3 aromatic rings. The van der Waals surface area contributed by atoms with Crippen molar-refractivity contribution in [1.29, 1.82) is 0 Å². The molecule has 0 aliphatic carbocycles. The molecule has 3 aromatic carbocycles. The lowest BCUT2D eigenvalue weighted by molar-refractivity contribution is -0.112. The first-order valence-electron chi connectivity index (χ1n) is 8.36. The van der Waals surface area contributed by atoms with Crippen LogP contribution in [0.4, 0.5) is 11.4 Å². The minimum atomic E-state index is -0.701. The van der Waals surface area contributed by atoms with E-state index in [0.29, 0.717) is 21.3 Å². The highest BCUT2D eigenvalue weighted by molar-refractivity contribution is 6.36. The summed E-state index contributed by atoms with van der Waals surface area (Å²) in [4.78, 5) is 12.9. The fourth-order valence-corrected chi connectivity index (χ4v) is 2.79. The Morgan fingerprint density at radius 3 is 2.21 bits per heavy atom. The van der Waals surface area contributed by atoms with Crippen molar-refractivity contribution in [2.24, 2.45) is 10.2 Å². The molecule has 0 saturated carbocycles. The van der Waals surface area contributed by atoms with Gasteiger partial charge in [0.2, 0.25) is 0 Å². The summed E-state index contributed by atoms with van der Waals surface area (Å²) >= 11 is 17.9. The molecular formula is C21H14Cl3N3O2. The van der Waals surface area contributed by atoms with Crippen molar-refractivity contribution >= 4 is 57.8 Å². The van der Waals surface area contributed by atoms with Crippen molar-refractivity contribution in [3.05, 3.63) is 99.1 Å². The highest BCUT2D eigenvalue weighted by atomic mass is 35.5. The molecule has 0 fully saturated rings. The molecule has 3 rings (SSSR count). The van der Waals surface area contributed by atoms with E-state index < -0.39 is 5.91 Å². The van der Waals surface area contributed by atoms with Crippen LogP contribution in [0.5, 0.6) is 0 Å². The highest BCUT2D eigenvalue weighted by Crippen LogP contribution is 2.27. The molecule has 2 N–H and O–H groups in total. The Morgan fingerprint density at radius 1 is 0.862 bits per heavy atom. The second-order valence-corrected chi connectivity index (χ2v) is 7.10. The van der Waals surface area contributed by atoms with Gasteiger partial charge in [0.25, 0.3) is 5.91 Å². The molecule has 0 radical (unpaired) electrons. The summed E-state index contributed by atoms with van der Waals surface area (Å²) in [7, 11) is 0. The highest BCUT2D eigenvalue weighted by Gasteiger charge is 2.18. The van der Waals surface area contributed by atoms with Crippen LogP contribution in [0.2, 0.25) is 15.1 Å². The van der Waals surface area contributed by atoms with E-state index in [2.05, 4.69) is 15.5 Å². The van der Waals surface area contributed by atoms with Gasteiger partial charge >= 0.3 is 0 Å². The molecule has 0 bridgehead atoms. The minimum Gasteiger partial charge on any atom is -0.505 e. The molecule has 0 aliphatic rings. The van der Waals surface area contributed by atoms with E-state index in [4.69, 9.17) is 34.8 Å². The number of carbonyl (C=O) groups is 1. The van der Waals surface area contributed by atoms with Gasteiger partial charge in [-0.25, -0.2) is 0 Å². The van der Waals surface area contributed by atoms with Crippen LogP contribution in [0.1, 0.15) is 5.56 Å². The maximum absolute atomic E-state index is 12.9. The van der Waals surface area contributed by atoms with Gasteiger partial charge in [-0.05, 0) is 42.5 Å². The monoisotopic (exact) mass is 445 g/mol. The third kappa shape index (κ3) is 5.57. The van der Waals surface area contributed by atoms with E-state index >= 15 is 0 Å². The third-order valence-corrected chi connectivity index (χ3v) is 4.57. The van der Waals surface area contributed by atoms with E-state index in [1.54, 1.807) is 66.7 Å². The first-order chi connectivity index (χ1) is 13.9. The number of nitrogens with one attached hydrogen (secondary N) is 1. The van der Waals surface area contributed by atoms with Gasteiger partial charge < -0.3 is 10.4 Å². The van der Waals surface area contributed by atoms with Gasteiger partial charge in [0.05, 0.1) is 16.4 Å². The average Bonchev–Trinajstić information content (AvgIpc) is 2.72. The van der Waals surface area contributed by atoms with Crippen LogP contribution in [0.15, 0.2) is 88.7 Å². The van der Waals surface area contributed by atoms with Crippen LogP contribution < -0.4 is 5.32 Å². The summed E-state index contributed by atoms with van der Waals surface area (Å²) in [6.07, 6.45) is 0. The predicted molar refractivity (Wildman–Crippen MR) is 117 cm³/mol. The van der Waals surface area contributed by atoms with Crippen molar-refractivity contribution in [3.63, 3.8) is 0 Å². The fourth-order valence-electron chi connectivity index (χ4n) is 2.32.